The smallest absolute Gasteiger partial charge is 0.439 e. The molecule has 16 heteroatoms. The summed E-state index contributed by atoms with van der Waals surface area (Å²) in [5.74, 6) is -4.91. The zero-order valence-electron chi connectivity index (χ0n) is 22.5. The van der Waals surface area contributed by atoms with Crippen molar-refractivity contribution in [2.75, 3.05) is 18.4 Å². The molecule has 0 aromatic heterocycles. The van der Waals surface area contributed by atoms with Crippen LogP contribution in [0.4, 0.5) is 32.0 Å². The minimum Gasteiger partial charge on any atom is -0.439 e. The van der Waals surface area contributed by atoms with Crippen molar-refractivity contribution >= 4 is 40.3 Å². The van der Waals surface area contributed by atoms with Crippen molar-refractivity contribution in [3.05, 3.63) is 66.1 Å². The van der Waals surface area contributed by atoms with Crippen LogP contribution >= 0.6 is 12.2 Å². The maximum absolute atomic E-state index is 13.8. The predicted octanol–water partition coefficient (Wildman–Crippen LogP) is 6.75. The van der Waals surface area contributed by atoms with Gasteiger partial charge in [-0.2, -0.15) is 17.4 Å². The number of anilines is 1. The Balaban J connectivity index is 2.30. The molecule has 0 radical (unpaired) electrons. The summed E-state index contributed by atoms with van der Waals surface area (Å²) in [5, 5.41) is 3.45. The van der Waals surface area contributed by atoms with E-state index in [1.165, 1.54) is 36.4 Å². The van der Waals surface area contributed by atoms with Gasteiger partial charge >= 0.3 is 29.8 Å². The van der Waals surface area contributed by atoms with Crippen LogP contribution in [-0.2, 0) is 20.8 Å². The fourth-order valence-electron chi connectivity index (χ4n) is 3.25. The Bertz CT molecular complexity index is 1230. The van der Waals surface area contributed by atoms with Crippen LogP contribution in [0.2, 0.25) is 0 Å². The number of hydrogen-bond donors (Lipinski definition) is 2. The van der Waals surface area contributed by atoms with Crippen molar-refractivity contribution in [3.8, 4) is 11.5 Å². The third kappa shape index (κ3) is 12.1. The van der Waals surface area contributed by atoms with Crippen LogP contribution in [0.25, 0.3) is 0 Å². The van der Waals surface area contributed by atoms with Crippen molar-refractivity contribution in [1.82, 2.24) is 9.62 Å². The highest BCUT2D eigenvalue weighted by Gasteiger charge is 2.48. The van der Waals surface area contributed by atoms with Crippen LogP contribution < -0.4 is 19.0 Å². The molecule has 0 aliphatic rings. The van der Waals surface area contributed by atoms with E-state index in [0.717, 1.165) is 50.9 Å². The summed E-state index contributed by atoms with van der Waals surface area (Å²) in [7, 11) is 0. The number of thiocarbonyl (C=S) groups is 1. The van der Waals surface area contributed by atoms with E-state index in [9.17, 15) is 35.3 Å². The summed E-state index contributed by atoms with van der Waals surface area (Å²) in [6, 6.07) is 12.2. The van der Waals surface area contributed by atoms with E-state index in [-0.39, 0.29) is 11.5 Å². The van der Waals surface area contributed by atoms with Crippen LogP contribution in [0.3, 0.4) is 0 Å². The van der Waals surface area contributed by atoms with E-state index in [2.05, 4.69) is 10.1 Å². The van der Waals surface area contributed by atoms with Gasteiger partial charge in [0.15, 0.2) is 5.11 Å². The Labute approximate surface area is 246 Å². The largest absolute Gasteiger partial charge is 0.575 e. The maximum Gasteiger partial charge on any atom is 0.575 e. The Kier molecular flexibility index (Phi) is 13.4. The number of hydrogen-bond acceptors (Lipinski definition) is 6. The number of benzene rings is 2. The second kappa shape index (κ2) is 16.2. The predicted molar refractivity (Wildman–Crippen MR) is 148 cm³/mol. The lowest BCUT2D eigenvalue weighted by atomic mass is 10.2. The number of halogens is 6. The molecule has 0 aliphatic carbocycles. The zero-order valence-corrected chi connectivity index (χ0v) is 24.1. The fourth-order valence-corrected chi connectivity index (χ4v) is 4.16. The number of para-hydroxylation sites is 1. The van der Waals surface area contributed by atoms with Crippen molar-refractivity contribution in [2.45, 2.75) is 52.1 Å². The molecule has 8 nitrogen and oxygen atoms in total. The molecule has 0 saturated heterocycles. The summed E-state index contributed by atoms with van der Waals surface area (Å²) in [5.41, 5.74) is -2.12. The van der Waals surface area contributed by atoms with E-state index in [0.29, 0.717) is 10.8 Å². The lowest BCUT2D eigenvalue weighted by molar-refractivity contribution is -0.305. The van der Waals surface area contributed by atoms with Gasteiger partial charge in [-0.3, -0.25) is 0 Å². The first-order valence-corrected chi connectivity index (χ1v) is 14.1. The van der Waals surface area contributed by atoms with Gasteiger partial charge in [-0.25, -0.2) is 9.52 Å². The van der Waals surface area contributed by atoms with E-state index >= 15 is 0 Å². The molecule has 0 bridgehead atoms. The molecule has 0 saturated carbocycles. The molecule has 2 aromatic carbocycles. The number of ether oxygens (including phenoxy) is 2. The molecular weight excluding hydrogens is 612 g/mol. The maximum atomic E-state index is 13.8. The van der Waals surface area contributed by atoms with Gasteiger partial charge in [-0.15, -0.1) is 13.2 Å². The van der Waals surface area contributed by atoms with E-state index in [1.54, 1.807) is 10.8 Å². The van der Waals surface area contributed by atoms with Gasteiger partial charge in [-0.1, -0.05) is 51.0 Å². The first-order valence-electron chi connectivity index (χ1n) is 12.6. The zero-order chi connectivity index (χ0) is 31.3. The Morgan fingerprint density at radius 1 is 0.929 bits per heavy atom. The topological polar surface area (TPSA) is 89.1 Å². The molecule has 2 aromatic rings. The number of nitrogens with zero attached hydrogens (tertiary/aromatic N) is 1. The number of alkyl halides is 6. The number of unbranched alkanes of at least 4 members (excludes halogenated alkanes) is 2. The molecular formula is C26H29F6N3O5S2. The molecule has 42 heavy (non-hydrogen) atoms. The lowest BCUT2D eigenvalue weighted by Gasteiger charge is -2.25. The Morgan fingerprint density at radius 2 is 1.52 bits per heavy atom. The lowest BCUT2D eigenvalue weighted by Crippen LogP contribution is -2.36. The minimum absolute atomic E-state index is 0.118. The minimum atomic E-state index is -5.74. The second-order valence-corrected chi connectivity index (χ2v) is 9.75. The first-order chi connectivity index (χ1) is 19.7. The first kappa shape index (κ1) is 34.7. The average molecular weight is 642 g/mol. The monoisotopic (exact) mass is 641 g/mol. The van der Waals surface area contributed by atoms with Crippen molar-refractivity contribution in [3.63, 3.8) is 0 Å². The third-order valence-corrected chi connectivity index (χ3v) is 6.23. The standard InChI is InChI=1S/C26H29F6N3O5S2/c1-3-5-15-35(16-6-4-2)24(41)33-18-11-10-14-20(17-18)40-42(37)34-22(38-19-12-8-7-9-13-19)21(25(27,28)29)23(36)39-26(30,31)32/h7-14,17,34H,3-6,15-16H2,1-2H3,(H,33,41). The highest BCUT2D eigenvalue weighted by molar-refractivity contribution is 7.80. The van der Waals surface area contributed by atoms with Crippen LogP contribution in [-0.4, -0.2) is 45.8 Å². The van der Waals surface area contributed by atoms with Gasteiger partial charge in [0.1, 0.15) is 11.5 Å². The third-order valence-electron chi connectivity index (χ3n) is 5.17. The molecule has 1 atom stereocenters. The Morgan fingerprint density at radius 3 is 2.07 bits per heavy atom. The van der Waals surface area contributed by atoms with Gasteiger partial charge < -0.3 is 23.9 Å². The van der Waals surface area contributed by atoms with Crippen molar-refractivity contribution in [2.24, 2.45) is 0 Å². The number of carbonyl (C=O) groups excluding carboxylic acids is 1. The average Bonchev–Trinajstić information content (AvgIpc) is 2.87. The molecule has 2 N–H and O–H groups in total. The molecule has 1 unspecified atom stereocenters. The number of carbonyl (C=O) groups is 1. The highest BCUT2D eigenvalue weighted by Crippen LogP contribution is 2.32. The fraction of sp³-hybridized carbons (Fsp3) is 0.385. The van der Waals surface area contributed by atoms with E-state index in [1.807, 2.05) is 18.7 Å². The molecule has 2 rings (SSSR count). The van der Waals surface area contributed by atoms with Crippen LogP contribution in [0.15, 0.2) is 66.1 Å². The summed E-state index contributed by atoms with van der Waals surface area (Å²) in [6.45, 7) is 5.54. The summed E-state index contributed by atoms with van der Waals surface area (Å²) < 4.78 is 107. The molecule has 0 spiro atoms. The number of nitrogens with one attached hydrogen (secondary N) is 2. The van der Waals surface area contributed by atoms with Crippen LogP contribution in [0.5, 0.6) is 11.5 Å². The van der Waals surface area contributed by atoms with E-state index < -0.39 is 41.2 Å². The highest BCUT2D eigenvalue weighted by atomic mass is 32.2. The van der Waals surface area contributed by atoms with Gasteiger partial charge in [0.25, 0.3) is 0 Å². The number of esters is 1. The van der Waals surface area contributed by atoms with Crippen molar-refractivity contribution in [1.29, 1.82) is 0 Å². The van der Waals surface area contributed by atoms with E-state index in [4.69, 9.17) is 21.1 Å². The summed E-state index contributed by atoms with van der Waals surface area (Å²) >= 11 is 2.61. The van der Waals surface area contributed by atoms with Crippen LogP contribution in [0.1, 0.15) is 39.5 Å². The second-order valence-electron chi connectivity index (χ2n) is 8.52. The van der Waals surface area contributed by atoms with Gasteiger partial charge in [0.2, 0.25) is 11.5 Å². The SMILES string of the molecule is CCCCN(CCCC)C(=S)Nc1cccc(OS(=O)NC(Oc2ccccc2)=C(C(=O)OC(F)(F)F)C(F)(F)F)c1. The quantitative estimate of drug-likeness (QED) is 0.0771. The molecule has 0 fully saturated rings. The molecule has 0 amide bonds. The van der Waals surface area contributed by atoms with Gasteiger partial charge in [-0.05, 0) is 49.3 Å². The normalized spacial score (nSPS) is 13.0. The summed E-state index contributed by atoms with van der Waals surface area (Å²) in [6.07, 6.45) is -7.71. The van der Waals surface area contributed by atoms with Crippen molar-refractivity contribution < 1.29 is 49.0 Å². The van der Waals surface area contributed by atoms with Gasteiger partial charge in [0, 0.05) is 24.8 Å². The Hall–Kier alpha value is -3.53. The van der Waals surface area contributed by atoms with Crippen LogP contribution in [0, 0.1) is 0 Å². The molecule has 0 heterocycles. The summed E-state index contributed by atoms with van der Waals surface area (Å²) in [4.78, 5) is 13.9. The van der Waals surface area contributed by atoms with Gasteiger partial charge in [0.05, 0.1) is 0 Å². The molecule has 232 valence electrons. The number of rotatable bonds is 14. The molecule has 0 aliphatic heterocycles.